The van der Waals surface area contributed by atoms with Crippen LogP contribution in [-0.2, 0) is 19.1 Å². The molecule has 2 saturated heterocycles. The number of methoxy groups -OCH3 is 1. The van der Waals surface area contributed by atoms with Crippen LogP contribution >= 0.6 is 11.8 Å². The lowest BCUT2D eigenvalue weighted by molar-refractivity contribution is -0.152. The van der Waals surface area contributed by atoms with Gasteiger partial charge < -0.3 is 14.2 Å². The standard InChI is InChI=1S/C25H25FN2O6S/c1-32-24(31)25(9-12-35-2)20-19(21(27-25)14-3-5-15(26)6-4-14)22(29)28(23(20)30)16-7-8-17-18(13-16)34-11-10-33-17/h3-8,13,19-21,27H,9-12H2,1-2H3/t19-,20+,21-,25-/m1/s1. The predicted molar refractivity (Wildman–Crippen MR) is 127 cm³/mol. The molecule has 0 radical (unpaired) electrons. The van der Waals surface area contributed by atoms with Crippen LogP contribution in [-0.4, -0.2) is 55.7 Å². The van der Waals surface area contributed by atoms with Crippen LogP contribution in [0.5, 0.6) is 11.5 Å². The molecule has 2 aromatic carbocycles. The van der Waals surface area contributed by atoms with Gasteiger partial charge in [0.15, 0.2) is 11.5 Å². The fourth-order valence-electron chi connectivity index (χ4n) is 5.35. The summed E-state index contributed by atoms with van der Waals surface area (Å²) in [6.45, 7) is 0.778. The third-order valence-electron chi connectivity index (χ3n) is 6.92. The number of halogens is 1. The first-order chi connectivity index (χ1) is 16.9. The van der Waals surface area contributed by atoms with Gasteiger partial charge in [0.25, 0.3) is 0 Å². The van der Waals surface area contributed by atoms with E-state index in [1.807, 2.05) is 6.26 Å². The molecule has 184 valence electrons. The van der Waals surface area contributed by atoms with Gasteiger partial charge in [0.1, 0.15) is 24.6 Å². The number of carbonyl (C=O) groups excluding carboxylic acids is 3. The van der Waals surface area contributed by atoms with E-state index in [9.17, 15) is 18.8 Å². The van der Waals surface area contributed by atoms with Crippen molar-refractivity contribution in [3.8, 4) is 11.5 Å². The van der Waals surface area contributed by atoms with Crippen molar-refractivity contribution in [1.82, 2.24) is 5.32 Å². The summed E-state index contributed by atoms with van der Waals surface area (Å²) >= 11 is 1.53. The molecule has 3 aliphatic rings. The molecule has 2 amide bonds. The topological polar surface area (TPSA) is 94.2 Å². The number of anilines is 1. The third kappa shape index (κ3) is 3.75. The van der Waals surface area contributed by atoms with E-state index in [2.05, 4.69) is 5.32 Å². The number of esters is 1. The van der Waals surface area contributed by atoms with Crippen LogP contribution in [0.1, 0.15) is 18.0 Å². The Bertz CT molecular complexity index is 1180. The lowest BCUT2D eigenvalue weighted by Crippen LogP contribution is -2.56. The Morgan fingerprint density at radius 3 is 2.54 bits per heavy atom. The molecule has 2 aromatic rings. The summed E-state index contributed by atoms with van der Waals surface area (Å²) in [5.41, 5.74) is -0.446. The number of thioether (sulfide) groups is 1. The van der Waals surface area contributed by atoms with E-state index in [0.717, 1.165) is 4.90 Å². The van der Waals surface area contributed by atoms with Crippen molar-refractivity contribution in [2.24, 2.45) is 11.8 Å². The number of amides is 2. The molecular weight excluding hydrogens is 475 g/mol. The predicted octanol–water partition coefficient (Wildman–Crippen LogP) is 2.71. The number of fused-ring (bicyclic) bond motifs is 2. The number of hydrogen-bond donors (Lipinski definition) is 1. The van der Waals surface area contributed by atoms with Crippen molar-refractivity contribution in [2.75, 3.05) is 37.2 Å². The van der Waals surface area contributed by atoms with Crippen LogP contribution in [0.25, 0.3) is 0 Å². The first-order valence-electron chi connectivity index (χ1n) is 11.3. The summed E-state index contributed by atoms with van der Waals surface area (Å²) in [7, 11) is 1.27. The normalized spacial score (nSPS) is 27.2. The van der Waals surface area contributed by atoms with Gasteiger partial charge in [-0.25, -0.2) is 9.29 Å². The van der Waals surface area contributed by atoms with Crippen LogP contribution in [0.2, 0.25) is 0 Å². The summed E-state index contributed by atoms with van der Waals surface area (Å²) < 4.78 is 30.0. The zero-order chi connectivity index (χ0) is 24.7. The van der Waals surface area contributed by atoms with E-state index in [4.69, 9.17) is 14.2 Å². The van der Waals surface area contributed by atoms with Crippen molar-refractivity contribution in [3.63, 3.8) is 0 Å². The van der Waals surface area contributed by atoms with Gasteiger partial charge in [-0.1, -0.05) is 12.1 Å². The maximum absolute atomic E-state index is 13.9. The Labute approximate surface area is 206 Å². The van der Waals surface area contributed by atoms with Gasteiger partial charge in [-0.2, -0.15) is 11.8 Å². The van der Waals surface area contributed by atoms with Crippen LogP contribution in [0.3, 0.4) is 0 Å². The molecule has 0 saturated carbocycles. The second-order valence-corrected chi connectivity index (χ2v) is 9.71. The van der Waals surface area contributed by atoms with Crippen molar-refractivity contribution in [3.05, 3.63) is 53.8 Å². The van der Waals surface area contributed by atoms with Crippen molar-refractivity contribution < 1.29 is 33.0 Å². The molecule has 2 fully saturated rings. The Morgan fingerprint density at radius 1 is 1.14 bits per heavy atom. The minimum absolute atomic E-state index is 0.285. The van der Waals surface area contributed by atoms with Gasteiger partial charge in [-0.05, 0) is 48.3 Å². The molecule has 0 bridgehead atoms. The Hall–Kier alpha value is -3.11. The van der Waals surface area contributed by atoms with E-state index in [1.165, 1.54) is 31.0 Å². The summed E-state index contributed by atoms with van der Waals surface area (Å²) in [5, 5.41) is 3.29. The average molecular weight is 501 g/mol. The van der Waals surface area contributed by atoms with E-state index < -0.39 is 47.0 Å². The maximum Gasteiger partial charge on any atom is 0.326 e. The molecule has 4 atom stereocenters. The molecule has 8 nitrogen and oxygen atoms in total. The van der Waals surface area contributed by atoms with Crippen LogP contribution in [0.4, 0.5) is 10.1 Å². The highest BCUT2D eigenvalue weighted by Gasteiger charge is 2.68. The monoisotopic (exact) mass is 500 g/mol. The zero-order valence-corrected chi connectivity index (χ0v) is 20.1. The molecule has 3 aliphatic heterocycles. The fourth-order valence-corrected chi connectivity index (χ4v) is 5.88. The Morgan fingerprint density at radius 2 is 1.86 bits per heavy atom. The van der Waals surface area contributed by atoms with Gasteiger partial charge >= 0.3 is 5.97 Å². The molecule has 1 N–H and O–H groups in total. The first kappa shape index (κ1) is 23.6. The van der Waals surface area contributed by atoms with Gasteiger partial charge in [0.05, 0.1) is 24.6 Å². The molecule has 3 heterocycles. The third-order valence-corrected chi connectivity index (χ3v) is 7.53. The second kappa shape index (κ2) is 9.16. The molecule has 0 spiro atoms. The summed E-state index contributed by atoms with van der Waals surface area (Å²) in [4.78, 5) is 42.1. The van der Waals surface area contributed by atoms with Gasteiger partial charge in [-0.15, -0.1) is 0 Å². The number of benzene rings is 2. The molecule has 5 rings (SSSR count). The Kier molecular flexibility index (Phi) is 6.18. The summed E-state index contributed by atoms with van der Waals surface area (Å²) in [6, 6.07) is 9.94. The lowest BCUT2D eigenvalue weighted by atomic mass is 9.78. The summed E-state index contributed by atoms with van der Waals surface area (Å²) in [5.74, 6) is -2.26. The van der Waals surface area contributed by atoms with Crippen LogP contribution in [0.15, 0.2) is 42.5 Å². The van der Waals surface area contributed by atoms with E-state index in [-0.39, 0.29) is 6.42 Å². The highest BCUT2D eigenvalue weighted by Crippen LogP contribution is 2.52. The smallest absolute Gasteiger partial charge is 0.326 e. The zero-order valence-electron chi connectivity index (χ0n) is 19.3. The first-order valence-corrected chi connectivity index (χ1v) is 12.7. The SMILES string of the molecule is COC(=O)[C@]1(CCSC)N[C@H](c2ccc(F)cc2)[C@@H]2C(=O)N(c3ccc4c(c3)OCCO4)C(=O)[C@H]21. The number of imide groups is 1. The minimum Gasteiger partial charge on any atom is -0.486 e. The van der Waals surface area contributed by atoms with E-state index in [0.29, 0.717) is 41.7 Å². The van der Waals surface area contributed by atoms with Gasteiger partial charge in [0, 0.05) is 12.1 Å². The van der Waals surface area contributed by atoms with Crippen LogP contribution in [0, 0.1) is 17.7 Å². The van der Waals surface area contributed by atoms with Crippen molar-refractivity contribution >= 4 is 35.2 Å². The summed E-state index contributed by atoms with van der Waals surface area (Å²) in [6.07, 6.45) is 2.19. The van der Waals surface area contributed by atoms with E-state index in [1.54, 1.807) is 30.3 Å². The maximum atomic E-state index is 13.9. The Balaban J connectivity index is 1.61. The van der Waals surface area contributed by atoms with Crippen LogP contribution < -0.4 is 19.7 Å². The highest BCUT2D eigenvalue weighted by molar-refractivity contribution is 7.98. The molecular formula is C25H25FN2O6S. The molecule has 0 unspecified atom stereocenters. The molecule has 0 aliphatic carbocycles. The molecule has 35 heavy (non-hydrogen) atoms. The number of ether oxygens (including phenoxy) is 3. The van der Waals surface area contributed by atoms with E-state index >= 15 is 0 Å². The largest absolute Gasteiger partial charge is 0.486 e. The second-order valence-electron chi connectivity index (χ2n) is 8.72. The van der Waals surface area contributed by atoms with Gasteiger partial charge in [-0.3, -0.25) is 19.7 Å². The number of carbonyl (C=O) groups is 3. The molecule has 10 heteroatoms. The highest BCUT2D eigenvalue weighted by atomic mass is 32.2. The van der Waals surface area contributed by atoms with Gasteiger partial charge in [0.2, 0.25) is 11.8 Å². The molecule has 0 aromatic heterocycles. The lowest BCUT2D eigenvalue weighted by Gasteiger charge is -2.32. The minimum atomic E-state index is -1.41. The van der Waals surface area contributed by atoms with Crippen molar-refractivity contribution in [2.45, 2.75) is 18.0 Å². The number of nitrogens with one attached hydrogen (secondary N) is 1. The number of nitrogens with zero attached hydrogens (tertiary/aromatic N) is 1. The number of rotatable bonds is 6. The number of hydrogen-bond acceptors (Lipinski definition) is 8. The average Bonchev–Trinajstić information content (AvgIpc) is 3.36. The quantitative estimate of drug-likeness (QED) is 0.478. The fraction of sp³-hybridized carbons (Fsp3) is 0.400. The van der Waals surface area contributed by atoms with Crippen molar-refractivity contribution in [1.29, 1.82) is 0 Å².